The number of hydrogen-bond donors (Lipinski definition) is 3. The van der Waals surface area contributed by atoms with Crippen LogP contribution in [-0.4, -0.2) is 24.9 Å². The summed E-state index contributed by atoms with van der Waals surface area (Å²) in [7, 11) is 0. The quantitative estimate of drug-likeness (QED) is 0.598. The Hall–Kier alpha value is -1.88. The lowest BCUT2D eigenvalue weighted by Gasteiger charge is -2.19. The maximum Gasteiger partial charge on any atom is 0.275 e. The molecule has 0 radical (unpaired) electrons. The van der Waals surface area contributed by atoms with E-state index in [1.54, 1.807) is 0 Å². The summed E-state index contributed by atoms with van der Waals surface area (Å²) in [6.45, 7) is 6.67. The molecule has 0 aromatic heterocycles. The first-order valence-corrected chi connectivity index (χ1v) is 8.41. The molecule has 1 rings (SSSR count). The number of carbonyl (C=O) groups is 2. The van der Waals surface area contributed by atoms with E-state index in [2.05, 4.69) is 50.4 Å². The molecule has 0 bridgehead atoms. The van der Waals surface area contributed by atoms with E-state index in [9.17, 15) is 9.59 Å². The molecule has 5 N–H and O–H groups in total. The monoisotopic (exact) mass is 320 g/mol. The third-order valence-electron chi connectivity index (χ3n) is 3.92. The Morgan fingerprint density at radius 1 is 1.22 bits per heavy atom. The molecule has 1 atom stereocenters. The zero-order chi connectivity index (χ0) is 17.2. The molecule has 128 valence electrons. The van der Waals surface area contributed by atoms with Gasteiger partial charge in [-0.3, -0.25) is 9.59 Å². The fourth-order valence-corrected chi connectivity index (χ4v) is 2.57. The van der Waals surface area contributed by atoms with Crippen LogP contribution in [0.3, 0.4) is 0 Å². The Labute approximate surface area is 139 Å². The minimum absolute atomic E-state index is 0.106. The Bertz CT molecular complexity index is 497. The average Bonchev–Trinajstić information content (AvgIpc) is 2.52. The van der Waals surface area contributed by atoms with Crippen LogP contribution in [-0.2, 0) is 16.0 Å². The van der Waals surface area contributed by atoms with E-state index in [0.29, 0.717) is 5.92 Å². The number of quaternary nitrogens is 1. The van der Waals surface area contributed by atoms with Crippen molar-refractivity contribution in [2.45, 2.75) is 46.1 Å². The molecular weight excluding hydrogens is 290 g/mol. The van der Waals surface area contributed by atoms with Gasteiger partial charge in [0.1, 0.15) is 6.04 Å². The summed E-state index contributed by atoms with van der Waals surface area (Å²) in [4.78, 5) is 22.4. The van der Waals surface area contributed by atoms with Gasteiger partial charge in [-0.2, -0.15) is 0 Å². The smallest absolute Gasteiger partial charge is 0.275 e. The number of rotatable bonds is 10. The van der Waals surface area contributed by atoms with Crippen molar-refractivity contribution >= 4 is 11.8 Å². The lowest BCUT2D eigenvalue weighted by atomic mass is 9.94. The number of primary amides is 1. The SMILES string of the molecule is CCCCc1ccc([C@@H]([NH2+]CC(=O)NCC(N)=O)C(C)C)cc1. The molecule has 23 heavy (non-hydrogen) atoms. The first kappa shape index (κ1) is 19.2. The molecule has 0 unspecified atom stereocenters. The average molecular weight is 320 g/mol. The molecule has 0 fully saturated rings. The number of unbranched alkanes of at least 4 members (excludes halogenated alkanes) is 1. The Morgan fingerprint density at radius 3 is 2.39 bits per heavy atom. The van der Waals surface area contributed by atoms with E-state index in [4.69, 9.17) is 5.73 Å². The summed E-state index contributed by atoms with van der Waals surface area (Å²) in [5.74, 6) is -0.295. The van der Waals surface area contributed by atoms with Gasteiger partial charge in [-0.25, -0.2) is 0 Å². The van der Waals surface area contributed by atoms with Crippen LogP contribution in [0.25, 0.3) is 0 Å². The highest BCUT2D eigenvalue weighted by Gasteiger charge is 2.20. The van der Waals surface area contributed by atoms with Gasteiger partial charge in [-0.15, -0.1) is 0 Å². The predicted molar refractivity (Wildman–Crippen MR) is 91.6 cm³/mol. The number of nitrogens with one attached hydrogen (secondary N) is 1. The topological polar surface area (TPSA) is 88.8 Å². The fraction of sp³-hybridized carbons (Fsp3) is 0.556. The van der Waals surface area contributed by atoms with Crippen LogP contribution in [0.5, 0.6) is 0 Å². The van der Waals surface area contributed by atoms with Gasteiger partial charge < -0.3 is 16.4 Å². The second-order valence-electron chi connectivity index (χ2n) is 6.30. The highest BCUT2D eigenvalue weighted by Crippen LogP contribution is 2.18. The van der Waals surface area contributed by atoms with E-state index in [0.717, 1.165) is 6.42 Å². The van der Waals surface area contributed by atoms with E-state index < -0.39 is 5.91 Å². The maximum atomic E-state index is 11.7. The third-order valence-corrected chi connectivity index (χ3v) is 3.92. The number of nitrogens with two attached hydrogens (primary N) is 2. The van der Waals surface area contributed by atoms with Gasteiger partial charge in [0.25, 0.3) is 5.91 Å². The molecule has 1 aromatic carbocycles. The number of benzene rings is 1. The second-order valence-corrected chi connectivity index (χ2v) is 6.30. The van der Waals surface area contributed by atoms with Crippen molar-refractivity contribution in [2.24, 2.45) is 11.7 Å². The minimum Gasteiger partial charge on any atom is -0.368 e. The van der Waals surface area contributed by atoms with E-state index in [1.807, 2.05) is 5.32 Å². The van der Waals surface area contributed by atoms with Gasteiger partial charge in [-0.05, 0) is 18.4 Å². The van der Waals surface area contributed by atoms with Gasteiger partial charge >= 0.3 is 0 Å². The number of hydrogen-bond acceptors (Lipinski definition) is 2. The van der Waals surface area contributed by atoms with Crippen LogP contribution in [0, 0.1) is 5.92 Å². The second kappa shape index (κ2) is 10.0. The van der Waals surface area contributed by atoms with Gasteiger partial charge in [0, 0.05) is 11.5 Å². The standard InChI is InChI=1S/C18H29N3O2/c1-4-5-6-14-7-9-15(10-8-14)18(13(2)3)21-12-17(23)20-11-16(19)22/h7-10,13,18,21H,4-6,11-12H2,1-3H3,(H2,19,22)(H,20,23)/p+1/t18-/m0/s1. The summed E-state index contributed by atoms with van der Waals surface area (Å²) in [5.41, 5.74) is 7.60. The van der Waals surface area contributed by atoms with E-state index in [-0.39, 0.29) is 25.0 Å². The molecule has 5 heteroatoms. The molecule has 1 aromatic rings. The number of amides is 2. The van der Waals surface area contributed by atoms with E-state index in [1.165, 1.54) is 24.0 Å². The molecule has 0 heterocycles. The van der Waals surface area contributed by atoms with Gasteiger partial charge in [0.05, 0.1) is 6.54 Å². The van der Waals surface area contributed by atoms with Crippen molar-refractivity contribution in [3.05, 3.63) is 35.4 Å². The summed E-state index contributed by atoms with van der Waals surface area (Å²) in [6, 6.07) is 8.90. The molecule has 5 nitrogen and oxygen atoms in total. The minimum atomic E-state index is -0.526. The Morgan fingerprint density at radius 2 is 1.87 bits per heavy atom. The van der Waals surface area contributed by atoms with Crippen molar-refractivity contribution in [2.75, 3.05) is 13.1 Å². The molecule has 0 aliphatic rings. The number of carbonyl (C=O) groups excluding carboxylic acids is 2. The van der Waals surface area contributed by atoms with Crippen molar-refractivity contribution in [3.63, 3.8) is 0 Å². The van der Waals surface area contributed by atoms with Crippen LogP contribution in [0.15, 0.2) is 24.3 Å². The summed E-state index contributed by atoms with van der Waals surface area (Å²) in [5, 5.41) is 4.53. The zero-order valence-corrected chi connectivity index (χ0v) is 14.5. The van der Waals surface area contributed by atoms with Crippen molar-refractivity contribution in [1.82, 2.24) is 5.32 Å². The first-order chi connectivity index (χ1) is 10.9. The van der Waals surface area contributed by atoms with Gasteiger partial charge in [0.2, 0.25) is 5.91 Å². The van der Waals surface area contributed by atoms with Crippen molar-refractivity contribution in [3.8, 4) is 0 Å². The Balaban J connectivity index is 2.60. The highest BCUT2D eigenvalue weighted by atomic mass is 16.2. The highest BCUT2D eigenvalue weighted by molar-refractivity contribution is 5.83. The van der Waals surface area contributed by atoms with E-state index >= 15 is 0 Å². The van der Waals surface area contributed by atoms with Gasteiger partial charge in [0.15, 0.2) is 6.54 Å². The number of aryl methyl sites for hydroxylation is 1. The van der Waals surface area contributed by atoms with Crippen LogP contribution in [0.2, 0.25) is 0 Å². The van der Waals surface area contributed by atoms with Crippen molar-refractivity contribution in [1.29, 1.82) is 0 Å². The van der Waals surface area contributed by atoms with Crippen molar-refractivity contribution < 1.29 is 14.9 Å². The van der Waals surface area contributed by atoms with Gasteiger partial charge in [-0.1, -0.05) is 51.5 Å². The van der Waals surface area contributed by atoms with Crippen LogP contribution in [0.1, 0.15) is 50.8 Å². The summed E-state index contributed by atoms with van der Waals surface area (Å²) < 4.78 is 0. The Kier molecular flexibility index (Phi) is 8.33. The lowest BCUT2D eigenvalue weighted by molar-refractivity contribution is -0.692. The molecule has 0 spiro atoms. The lowest BCUT2D eigenvalue weighted by Crippen LogP contribution is -2.88. The summed E-state index contributed by atoms with van der Waals surface area (Å²) >= 11 is 0. The molecule has 0 aliphatic heterocycles. The van der Waals surface area contributed by atoms with Crippen LogP contribution < -0.4 is 16.4 Å². The maximum absolute atomic E-state index is 11.7. The molecule has 0 saturated heterocycles. The van der Waals surface area contributed by atoms with Crippen LogP contribution in [0.4, 0.5) is 0 Å². The van der Waals surface area contributed by atoms with Crippen LogP contribution >= 0.6 is 0 Å². The predicted octanol–water partition coefficient (Wildman–Crippen LogP) is 0.891. The molecule has 2 amide bonds. The fourth-order valence-electron chi connectivity index (χ4n) is 2.57. The summed E-state index contributed by atoms with van der Waals surface area (Å²) in [6.07, 6.45) is 3.52. The normalized spacial score (nSPS) is 12.2. The molecule has 0 aliphatic carbocycles. The zero-order valence-electron chi connectivity index (χ0n) is 14.5. The third kappa shape index (κ3) is 7.28. The largest absolute Gasteiger partial charge is 0.368 e. The first-order valence-electron chi connectivity index (χ1n) is 8.41. The molecular formula is C18H30N3O2+. The molecule has 0 saturated carbocycles.